The average molecular weight is 238 g/mol. The number of nitrogens with one attached hydrogen (secondary N) is 2. The number of amides is 1. The van der Waals surface area contributed by atoms with E-state index in [9.17, 15) is 9.90 Å². The Bertz CT molecular complexity index is 381. The Kier molecular flexibility index (Phi) is 4.34. The minimum Gasteiger partial charge on any atom is -0.393 e. The molecule has 0 saturated heterocycles. The van der Waals surface area contributed by atoms with Gasteiger partial charge in [-0.1, -0.05) is 13.8 Å². The van der Waals surface area contributed by atoms with E-state index in [-0.39, 0.29) is 17.4 Å². The van der Waals surface area contributed by atoms with Gasteiger partial charge in [0.05, 0.1) is 11.7 Å². The smallest absolute Gasteiger partial charge is 0.253 e. The van der Waals surface area contributed by atoms with E-state index in [1.165, 1.54) is 0 Å². The highest BCUT2D eigenvalue weighted by atomic mass is 16.3. The lowest BCUT2D eigenvalue weighted by Gasteiger charge is -2.26. The summed E-state index contributed by atoms with van der Waals surface area (Å²) in [6.45, 7) is 8.25. The van der Waals surface area contributed by atoms with Gasteiger partial charge < -0.3 is 15.4 Å². The first-order valence-corrected chi connectivity index (χ1v) is 5.92. The number of aryl methyl sites for hydroxylation is 1. The second-order valence-corrected chi connectivity index (χ2v) is 5.42. The molecule has 1 heterocycles. The minimum atomic E-state index is -0.351. The van der Waals surface area contributed by atoms with Gasteiger partial charge in [0.1, 0.15) is 0 Å². The average Bonchev–Trinajstić information content (AvgIpc) is 2.59. The number of carbonyl (C=O) groups is 1. The molecule has 3 N–H and O–H groups in total. The van der Waals surface area contributed by atoms with E-state index in [0.717, 1.165) is 5.69 Å². The summed E-state index contributed by atoms with van der Waals surface area (Å²) in [6, 6.07) is 1.77. The lowest BCUT2D eigenvalue weighted by molar-refractivity contribution is 0.0901. The molecule has 1 atom stereocenters. The van der Waals surface area contributed by atoms with Crippen LogP contribution in [0.3, 0.4) is 0 Å². The Hall–Kier alpha value is -1.29. The van der Waals surface area contributed by atoms with Crippen LogP contribution >= 0.6 is 0 Å². The largest absolute Gasteiger partial charge is 0.393 e. The molecule has 1 amide bonds. The van der Waals surface area contributed by atoms with Gasteiger partial charge in [-0.05, 0) is 31.7 Å². The van der Waals surface area contributed by atoms with Gasteiger partial charge in [0.15, 0.2) is 0 Å². The molecule has 1 unspecified atom stereocenters. The van der Waals surface area contributed by atoms with Gasteiger partial charge in [-0.25, -0.2) is 0 Å². The van der Waals surface area contributed by atoms with E-state index < -0.39 is 0 Å². The molecule has 1 aromatic heterocycles. The summed E-state index contributed by atoms with van der Waals surface area (Å²) in [4.78, 5) is 14.8. The zero-order valence-electron chi connectivity index (χ0n) is 11.0. The Morgan fingerprint density at radius 1 is 1.59 bits per heavy atom. The van der Waals surface area contributed by atoms with Gasteiger partial charge in [-0.2, -0.15) is 0 Å². The van der Waals surface area contributed by atoms with E-state index in [1.807, 2.05) is 20.8 Å². The summed E-state index contributed by atoms with van der Waals surface area (Å²) in [5.74, 6) is -0.0672. The number of carbonyl (C=O) groups excluding carboxylic acids is 1. The van der Waals surface area contributed by atoms with Crippen LogP contribution in [0.25, 0.3) is 0 Å². The van der Waals surface area contributed by atoms with Gasteiger partial charge in [-0.15, -0.1) is 0 Å². The van der Waals surface area contributed by atoms with Crippen molar-refractivity contribution in [1.82, 2.24) is 10.3 Å². The zero-order valence-corrected chi connectivity index (χ0v) is 11.0. The molecular weight excluding hydrogens is 216 g/mol. The van der Waals surface area contributed by atoms with Crippen molar-refractivity contribution in [3.8, 4) is 0 Å². The number of aliphatic hydroxyl groups excluding tert-OH is 1. The van der Waals surface area contributed by atoms with Gasteiger partial charge in [0, 0.05) is 18.4 Å². The Balaban J connectivity index is 2.51. The van der Waals surface area contributed by atoms with Crippen LogP contribution in [-0.2, 0) is 0 Å². The van der Waals surface area contributed by atoms with Crippen LogP contribution in [0.15, 0.2) is 12.3 Å². The molecule has 96 valence electrons. The summed E-state index contributed by atoms with van der Waals surface area (Å²) >= 11 is 0. The fourth-order valence-electron chi connectivity index (χ4n) is 1.99. The molecule has 4 nitrogen and oxygen atoms in total. The molecule has 0 aliphatic heterocycles. The number of rotatable bonds is 5. The molecule has 1 aromatic rings. The maximum absolute atomic E-state index is 11.9. The quantitative estimate of drug-likeness (QED) is 0.733. The lowest BCUT2D eigenvalue weighted by Crippen LogP contribution is -2.35. The van der Waals surface area contributed by atoms with Crippen molar-refractivity contribution in [1.29, 1.82) is 0 Å². The van der Waals surface area contributed by atoms with Crippen LogP contribution in [0.1, 0.15) is 43.2 Å². The number of aromatic nitrogens is 1. The third kappa shape index (κ3) is 4.23. The molecule has 0 saturated carbocycles. The van der Waals surface area contributed by atoms with Gasteiger partial charge in [0.25, 0.3) is 5.91 Å². The molecule has 0 aromatic carbocycles. The predicted molar refractivity (Wildman–Crippen MR) is 67.9 cm³/mol. The number of hydrogen-bond donors (Lipinski definition) is 3. The maximum Gasteiger partial charge on any atom is 0.253 e. The van der Waals surface area contributed by atoms with Crippen molar-refractivity contribution < 1.29 is 9.90 Å². The monoisotopic (exact) mass is 238 g/mol. The topological polar surface area (TPSA) is 65.1 Å². The molecular formula is C13H22N2O2. The van der Waals surface area contributed by atoms with Crippen molar-refractivity contribution in [2.75, 3.05) is 6.54 Å². The lowest BCUT2D eigenvalue weighted by atomic mass is 9.87. The fraction of sp³-hybridized carbons (Fsp3) is 0.615. The first-order chi connectivity index (χ1) is 7.82. The first kappa shape index (κ1) is 13.8. The molecule has 0 spiro atoms. The first-order valence-electron chi connectivity index (χ1n) is 5.92. The highest BCUT2D eigenvalue weighted by Gasteiger charge is 2.21. The second-order valence-electron chi connectivity index (χ2n) is 5.42. The highest BCUT2D eigenvalue weighted by molar-refractivity contribution is 5.95. The van der Waals surface area contributed by atoms with Gasteiger partial charge >= 0.3 is 0 Å². The molecule has 0 fully saturated rings. The highest BCUT2D eigenvalue weighted by Crippen LogP contribution is 2.21. The standard InChI is InChI=1S/C13H22N2O2/c1-9(16)7-13(3,4)8-15-12(17)11-5-6-14-10(11)2/h5-6,9,14,16H,7-8H2,1-4H3,(H,15,17). The third-order valence-electron chi connectivity index (χ3n) is 2.77. The van der Waals surface area contributed by atoms with Crippen molar-refractivity contribution in [2.24, 2.45) is 5.41 Å². The maximum atomic E-state index is 11.9. The number of H-pyrrole nitrogens is 1. The van der Waals surface area contributed by atoms with Crippen LogP contribution in [0.5, 0.6) is 0 Å². The molecule has 0 bridgehead atoms. The van der Waals surface area contributed by atoms with E-state index in [4.69, 9.17) is 0 Å². The summed E-state index contributed by atoms with van der Waals surface area (Å²) in [7, 11) is 0. The Morgan fingerprint density at radius 3 is 2.71 bits per heavy atom. The molecule has 0 aliphatic rings. The van der Waals surface area contributed by atoms with Crippen LogP contribution < -0.4 is 5.32 Å². The summed E-state index contributed by atoms with van der Waals surface area (Å²) in [5, 5.41) is 12.3. The van der Waals surface area contributed by atoms with Crippen molar-refractivity contribution >= 4 is 5.91 Å². The Labute approximate surface area is 102 Å². The van der Waals surface area contributed by atoms with E-state index in [0.29, 0.717) is 18.5 Å². The molecule has 0 radical (unpaired) electrons. The zero-order chi connectivity index (χ0) is 13.1. The van der Waals surface area contributed by atoms with E-state index >= 15 is 0 Å². The SMILES string of the molecule is Cc1[nH]ccc1C(=O)NCC(C)(C)CC(C)O. The van der Waals surface area contributed by atoms with Crippen molar-refractivity contribution in [2.45, 2.75) is 40.2 Å². The summed E-state index contributed by atoms with van der Waals surface area (Å²) in [5.41, 5.74) is 1.45. The van der Waals surface area contributed by atoms with Crippen molar-refractivity contribution in [3.63, 3.8) is 0 Å². The molecule has 4 heteroatoms. The van der Waals surface area contributed by atoms with Crippen molar-refractivity contribution in [3.05, 3.63) is 23.5 Å². The third-order valence-corrected chi connectivity index (χ3v) is 2.77. The van der Waals surface area contributed by atoms with E-state index in [1.54, 1.807) is 19.2 Å². The Morgan fingerprint density at radius 2 is 2.24 bits per heavy atom. The van der Waals surface area contributed by atoms with Gasteiger partial charge in [0.2, 0.25) is 0 Å². The van der Waals surface area contributed by atoms with E-state index in [2.05, 4.69) is 10.3 Å². The summed E-state index contributed by atoms with van der Waals surface area (Å²) < 4.78 is 0. The molecule has 0 aliphatic carbocycles. The fourth-order valence-corrected chi connectivity index (χ4v) is 1.99. The predicted octanol–water partition coefficient (Wildman–Crippen LogP) is 1.85. The number of hydrogen-bond acceptors (Lipinski definition) is 2. The van der Waals surface area contributed by atoms with Crippen LogP contribution in [0.4, 0.5) is 0 Å². The van der Waals surface area contributed by atoms with Crippen LogP contribution in [0, 0.1) is 12.3 Å². The number of aliphatic hydroxyl groups is 1. The van der Waals surface area contributed by atoms with Crippen LogP contribution in [-0.4, -0.2) is 28.6 Å². The minimum absolute atomic E-state index is 0.0672. The molecule has 17 heavy (non-hydrogen) atoms. The van der Waals surface area contributed by atoms with Gasteiger partial charge in [-0.3, -0.25) is 4.79 Å². The summed E-state index contributed by atoms with van der Waals surface area (Å²) in [6.07, 6.45) is 2.07. The second kappa shape index (κ2) is 5.36. The van der Waals surface area contributed by atoms with Crippen LogP contribution in [0.2, 0.25) is 0 Å². The molecule has 1 rings (SSSR count). The number of aromatic amines is 1. The normalized spacial score (nSPS) is 13.5.